The number of hydrogen-bond donors (Lipinski definition) is 3. The molecular formula is C7H11NO5. The van der Waals surface area contributed by atoms with E-state index in [1.165, 1.54) is 6.92 Å². The van der Waals surface area contributed by atoms with Crippen LogP contribution in [0.4, 0.5) is 0 Å². The van der Waals surface area contributed by atoms with Crippen molar-refractivity contribution in [3.05, 3.63) is 0 Å². The van der Waals surface area contributed by atoms with Crippen molar-refractivity contribution in [1.82, 2.24) is 5.32 Å². The van der Waals surface area contributed by atoms with E-state index in [1.54, 1.807) is 0 Å². The van der Waals surface area contributed by atoms with Gasteiger partial charge in [-0.1, -0.05) is 0 Å². The Kier molecular flexibility index (Phi) is 1.99. The van der Waals surface area contributed by atoms with E-state index in [4.69, 9.17) is 9.47 Å². The normalized spacial score (nSPS) is 48.1. The molecule has 2 fully saturated rings. The van der Waals surface area contributed by atoms with Crippen molar-refractivity contribution < 1.29 is 24.5 Å². The highest BCUT2D eigenvalue weighted by atomic mass is 16.8. The molecule has 6 heteroatoms. The third-order valence-electron chi connectivity index (χ3n) is 2.14. The van der Waals surface area contributed by atoms with E-state index >= 15 is 0 Å². The van der Waals surface area contributed by atoms with E-state index in [1.807, 2.05) is 0 Å². The van der Waals surface area contributed by atoms with Gasteiger partial charge in [0, 0.05) is 6.92 Å². The third-order valence-corrected chi connectivity index (χ3v) is 2.14. The van der Waals surface area contributed by atoms with Crippen molar-refractivity contribution in [2.45, 2.75) is 37.8 Å². The second kappa shape index (κ2) is 2.91. The number of fused-ring (bicyclic) bond motifs is 1. The largest absolute Gasteiger partial charge is 0.388 e. The SMILES string of the molecule is CC(=O)NC1C(O)[C@H]2OC2O[C@@H]1O. The van der Waals surface area contributed by atoms with Gasteiger partial charge in [0.15, 0.2) is 12.6 Å². The molecule has 2 aliphatic heterocycles. The molecule has 1 amide bonds. The molecule has 0 aromatic carbocycles. The Morgan fingerprint density at radius 3 is 2.69 bits per heavy atom. The Bertz CT molecular complexity index is 233. The van der Waals surface area contributed by atoms with Gasteiger partial charge in [-0.15, -0.1) is 0 Å². The average Bonchev–Trinajstić information content (AvgIpc) is 2.76. The Labute approximate surface area is 74.4 Å². The van der Waals surface area contributed by atoms with E-state index in [0.717, 1.165) is 0 Å². The maximum Gasteiger partial charge on any atom is 0.217 e. The van der Waals surface area contributed by atoms with Gasteiger partial charge >= 0.3 is 0 Å². The van der Waals surface area contributed by atoms with Crippen LogP contribution in [0, 0.1) is 0 Å². The van der Waals surface area contributed by atoms with Crippen LogP contribution < -0.4 is 5.32 Å². The molecule has 74 valence electrons. The van der Waals surface area contributed by atoms with Gasteiger partial charge < -0.3 is 25.0 Å². The Morgan fingerprint density at radius 2 is 2.08 bits per heavy atom. The van der Waals surface area contributed by atoms with Gasteiger partial charge in [0.2, 0.25) is 5.91 Å². The molecule has 2 heterocycles. The third kappa shape index (κ3) is 1.53. The first kappa shape index (κ1) is 8.89. The molecule has 13 heavy (non-hydrogen) atoms. The molecule has 6 nitrogen and oxygen atoms in total. The van der Waals surface area contributed by atoms with Crippen molar-refractivity contribution in [3.8, 4) is 0 Å². The maximum atomic E-state index is 10.7. The van der Waals surface area contributed by atoms with Crippen molar-refractivity contribution in [1.29, 1.82) is 0 Å². The number of carbonyl (C=O) groups excluding carboxylic acids is 1. The molecule has 2 rings (SSSR count). The lowest BCUT2D eigenvalue weighted by Crippen LogP contribution is -2.56. The van der Waals surface area contributed by atoms with Crippen molar-refractivity contribution in [2.75, 3.05) is 0 Å². The van der Waals surface area contributed by atoms with Gasteiger partial charge in [-0.3, -0.25) is 4.79 Å². The smallest absolute Gasteiger partial charge is 0.217 e. The molecule has 0 aromatic rings. The fourth-order valence-corrected chi connectivity index (χ4v) is 1.45. The van der Waals surface area contributed by atoms with Crippen molar-refractivity contribution in [2.24, 2.45) is 0 Å². The zero-order valence-corrected chi connectivity index (χ0v) is 7.01. The maximum absolute atomic E-state index is 10.7. The number of carbonyl (C=O) groups is 1. The number of aliphatic hydroxyl groups is 2. The van der Waals surface area contributed by atoms with E-state index in [-0.39, 0.29) is 5.91 Å². The first-order chi connectivity index (χ1) is 6.09. The minimum atomic E-state index is -1.21. The number of rotatable bonds is 1. The quantitative estimate of drug-likeness (QED) is 0.412. The molecule has 2 saturated heterocycles. The summed E-state index contributed by atoms with van der Waals surface area (Å²) in [6.45, 7) is 1.30. The highest BCUT2D eigenvalue weighted by Crippen LogP contribution is 2.34. The molecule has 0 bridgehead atoms. The van der Waals surface area contributed by atoms with Gasteiger partial charge in [0.1, 0.15) is 18.2 Å². The predicted molar refractivity (Wildman–Crippen MR) is 39.4 cm³/mol. The molecular weight excluding hydrogens is 178 g/mol. The Morgan fingerprint density at radius 1 is 1.38 bits per heavy atom. The molecule has 2 aliphatic rings. The zero-order valence-electron chi connectivity index (χ0n) is 7.01. The van der Waals surface area contributed by atoms with Crippen LogP contribution in [0.3, 0.4) is 0 Å². The second-order valence-corrected chi connectivity index (χ2v) is 3.21. The van der Waals surface area contributed by atoms with Crippen LogP contribution in [-0.4, -0.2) is 47.0 Å². The summed E-state index contributed by atoms with van der Waals surface area (Å²) >= 11 is 0. The van der Waals surface area contributed by atoms with Crippen molar-refractivity contribution in [3.63, 3.8) is 0 Å². The summed E-state index contributed by atoms with van der Waals surface area (Å²) < 4.78 is 9.79. The molecule has 0 spiro atoms. The molecule has 0 radical (unpaired) electrons. The molecule has 3 N–H and O–H groups in total. The summed E-state index contributed by atoms with van der Waals surface area (Å²) in [6.07, 6.45) is -3.05. The van der Waals surface area contributed by atoms with Gasteiger partial charge in [-0.05, 0) is 0 Å². The van der Waals surface area contributed by atoms with Gasteiger partial charge in [0.25, 0.3) is 0 Å². The summed E-state index contributed by atoms with van der Waals surface area (Å²) in [5, 5.41) is 21.2. The topological polar surface area (TPSA) is 91.3 Å². The standard InChI is InChI=1S/C7H11NO5/c1-2(9)8-3-4(10)5-7(12-5)13-6(3)11/h3-7,10-11H,1H3,(H,8,9)/t3?,4?,5-,6+,7?/m1/s1. The highest BCUT2D eigenvalue weighted by Gasteiger charge is 2.56. The molecule has 0 saturated carbocycles. The summed E-state index contributed by atoms with van der Waals surface area (Å²) in [5.41, 5.74) is 0. The van der Waals surface area contributed by atoms with Crippen LogP contribution in [-0.2, 0) is 14.3 Å². The number of epoxide rings is 1. The number of aliphatic hydroxyl groups excluding tert-OH is 2. The van der Waals surface area contributed by atoms with Crippen LogP contribution in [0.25, 0.3) is 0 Å². The summed E-state index contributed by atoms with van der Waals surface area (Å²) in [6, 6.07) is -0.804. The van der Waals surface area contributed by atoms with E-state index in [9.17, 15) is 15.0 Å². The number of amides is 1. The minimum Gasteiger partial charge on any atom is -0.388 e. The van der Waals surface area contributed by atoms with E-state index in [0.29, 0.717) is 0 Å². The fourth-order valence-electron chi connectivity index (χ4n) is 1.45. The molecule has 0 aromatic heterocycles. The fraction of sp³-hybridized carbons (Fsp3) is 0.857. The lowest BCUT2D eigenvalue weighted by molar-refractivity contribution is -0.179. The highest BCUT2D eigenvalue weighted by molar-refractivity contribution is 5.73. The van der Waals surface area contributed by atoms with Gasteiger partial charge in [0.05, 0.1) is 0 Å². The lowest BCUT2D eigenvalue weighted by Gasteiger charge is -2.29. The second-order valence-electron chi connectivity index (χ2n) is 3.21. The lowest BCUT2D eigenvalue weighted by atomic mass is 10.1. The molecule has 3 unspecified atom stereocenters. The van der Waals surface area contributed by atoms with Gasteiger partial charge in [-0.2, -0.15) is 0 Å². The van der Waals surface area contributed by atoms with Crippen LogP contribution >= 0.6 is 0 Å². The Hall–Kier alpha value is -0.690. The molecule has 0 aliphatic carbocycles. The van der Waals surface area contributed by atoms with Crippen LogP contribution in [0.15, 0.2) is 0 Å². The van der Waals surface area contributed by atoms with Gasteiger partial charge in [-0.25, -0.2) is 0 Å². The van der Waals surface area contributed by atoms with E-state index in [2.05, 4.69) is 5.32 Å². The Balaban J connectivity index is 2.02. The predicted octanol–water partition coefficient (Wildman–Crippen LogP) is -2.07. The molecule has 5 atom stereocenters. The monoisotopic (exact) mass is 189 g/mol. The summed E-state index contributed by atoms with van der Waals surface area (Å²) in [5.74, 6) is -0.328. The number of hydrogen-bond acceptors (Lipinski definition) is 5. The van der Waals surface area contributed by atoms with Crippen LogP contribution in [0.1, 0.15) is 6.92 Å². The zero-order chi connectivity index (χ0) is 9.59. The average molecular weight is 189 g/mol. The van der Waals surface area contributed by atoms with Crippen molar-refractivity contribution >= 4 is 5.91 Å². The first-order valence-corrected chi connectivity index (χ1v) is 4.04. The van der Waals surface area contributed by atoms with Crippen LogP contribution in [0.2, 0.25) is 0 Å². The minimum absolute atomic E-state index is 0.328. The summed E-state index contributed by atoms with van der Waals surface area (Å²) in [7, 11) is 0. The first-order valence-electron chi connectivity index (χ1n) is 4.04. The summed E-state index contributed by atoms with van der Waals surface area (Å²) in [4.78, 5) is 10.7. The number of nitrogens with one attached hydrogen (secondary N) is 1. The number of ether oxygens (including phenoxy) is 2. The van der Waals surface area contributed by atoms with E-state index < -0.39 is 30.8 Å². The van der Waals surface area contributed by atoms with Crippen LogP contribution in [0.5, 0.6) is 0 Å².